The van der Waals surface area contributed by atoms with Crippen molar-refractivity contribution >= 4 is 28.1 Å². The predicted octanol–water partition coefficient (Wildman–Crippen LogP) is 3.19. The van der Waals surface area contributed by atoms with Crippen LogP contribution in [-0.2, 0) is 0 Å². The van der Waals surface area contributed by atoms with Gasteiger partial charge in [0.05, 0.1) is 19.0 Å². The van der Waals surface area contributed by atoms with Gasteiger partial charge in [0, 0.05) is 5.56 Å². The van der Waals surface area contributed by atoms with Crippen LogP contribution in [0.25, 0.3) is 16.2 Å². The first-order valence-corrected chi connectivity index (χ1v) is 7.39. The van der Waals surface area contributed by atoms with Crippen molar-refractivity contribution in [3.05, 3.63) is 30.5 Å². The van der Waals surface area contributed by atoms with Gasteiger partial charge in [-0.15, -0.1) is 5.10 Å². The number of imidazole rings is 1. The average Bonchev–Trinajstić information content (AvgIpc) is 2.96. The van der Waals surface area contributed by atoms with E-state index in [0.29, 0.717) is 0 Å². The lowest BCUT2D eigenvalue weighted by Gasteiger charge is -2.00. The molecule has 0 unspecified atom stereocenters. The Morgan fingerprint density at radius 2 is 2.28 bits per heavy atom. The van der Waals surface area contributed by atoms with E-state index in [-0.39, 0.29) is 0 Å². The highest BCUT2D eigenvalue weighted by atomic mass is 32.2. The molecule has 0 atom stereocenters. The number of hydrogen-bond acceptors (Lipinski definition) is 5. The second-order valence-electron chi connectivity index (χ2n) is 3.66. The number of aromatic nitrogens is 3. The van der Waals surface area contributed by atoms with E-state index in [1.807, 2.05) is 41.2 Å². The fourth-order valence-corrected chi connectivity index (χ4v) is 3.03. The van der Waals surface area contributed by atoms with Crippen molar-refractivity contribution < 1.29 is 4.74 Å². The van der Waals surface area contributed by atoms with E-state index in [1.54, 1.807) is 30.2 Å². The minimum absolute atomic E-state index is 0.835. The molecule has 0 bridgehead atoms. The highest BCUT2D eigenvalue weighted by Gasteiger charge is 2.09. The van der Waals surface area contributed by atoms with Gasteiger partial charge in [-0.1, -0.05) is 35.2 Å². The van der Waals surface area contributed by atoms with Crippen molar-refractivity contribution in [3.63, 3.8) is 0 Å². The molecule has 6 heteroatoms. The molecule has 3 aromatic rings. The van der Waals surface area contributed by atoms with E-state index < -0.39 is 0 Å². The second-order valence-corrected chi connectivity index (χ2v) is 5.67. The highest BCUT2D eigenvalue weighted by Crippen LogP contribution is 2.27. The molecule has 92 valence electrons. The Morgan fingerprint density at radius 3 is 3.00 bits per heavy atom. The van der Waals surface area contributed by atoms with Crippen LogP contribution in [0.15, 0.2) is 34.8 Å². The Bertz CT molecular complexity index is 658. The third-order valence-electron chi connectivity index (χ3n) is 2.56. The van der Waals surface area contributed by atoms with Crippen LogP contribution in [0.5, 0.6) is 5.75 Å². The van der Waals surface area contributed by atoms with Crippen molar-refractivity contribution in [2.45, 2.75) is 4.34 Å². The fourth-order valence-electron chi connectivity index (χ4n) is 1.69. The summed E-state index contributed by atoms with van der Waals surface area (Å²) in [5, 5.41) is 4.42. The van der Waals surface area contributed by atoms with E-state index in [0.717, 1.165) is 26.3 Å². The maximum Gasteiger partial charge on any atom is 0.213 e. The van der Waals surface area contributed by atoms with Crippen LogP contribution in [0.1, 0.15) is 0 Å². The largest absolute Gasteiger partial charge is 0.497 e. The van der Waals surface area contributed by atoms with Crippen LogP contribution >= 0.6 is 23.1 Å². The van der Waals surface area contributed by atoms with Gasteiger partial charge in [-0.3, -0.25) is 0 Å². The second kappa shape index (κ2) is 4.62. The van der Waals surface area contributed by atoms with Crippen LogP contribution in [0.2, 0.25) is 0 Å². The van der Waals surface area contributed by atoms with Crippen LogP contribution < -0.4 is 4.74 Å². The minimum atomic E-state index is 0.835. The first-order valence-electron chi connectivity index (χ1n) is 5.35. The third-order valence-corrected chi connectivity index (χ3v) is 4.46. The number of thioether (sulfide) groups is 1. The molecule has 0 aliphatic rings. The molecule has 1 aromatic carbocycles. The molecular formula is C12H11N3OS2. The number of fused-ring (bicyclic) bond motifs is 1. The monoisotopic (exact) mass is 277 g/mol. The summed E-state index contributed by atoms with van der Waals surface area (Å²) in [4.78, 5) is 5.49. The van der Waals surface area contributed by atoms with Crippen molar-refractivity contribution in [2.75, 3.05) is 13.4 Å². The normalized spacial score (nSPS) is 11.0. The molecule has 0 radical (unpaired) electrons. The molecule has 0 amide bonds. The molecule has 0 fully saturated rings. The number of hydrogen-bond donors (Lipinski definition) is 0. The quantitative estimate of drug-likeness (QED) is 0.689. The lowest BCUT2D eigenvalue weighted by Crippen LogP contribution is -1.84. The lowest BCUT2D eigenvalue weighted by molar-refractivity contribution is 0.415. The van der Waals surface area contributed by atoms with Gasteiger partial charge in [-0.2, -0.15) is 0 Å². The van der Waals surface area contributed by atoms with Crippen molar-refractivity contribution in [2.24, 2.45) is 0 Å². The van der Waals surface area contributed by atoms with Gasteiger partial charge in [0.2, 0.25) is 4.96 Å². The van der Waals surface area contributed by atoms with Crippen LogP contribution in [0.4, 0.5) is 0 Å². The van der Waals surface area contributed by atoms with Gasteiger partial charge < -0.3 is 4.74 Å². The van der Waals surface area contributed by atoms with Gasteiger partial charge in [-0.25, -0.2) is 9.50 Å². The molecule has 4 nitrogen and oxygen atoms in total. The number of nitrogens with zero attached hydrogens (tertiary/aromatic N) is 3. The standard InChI is InChI=1S/C12H11N3OS2/c1-16-9-5-3-4-8(6-9)10-7-15-11(13-10)18-12(14-15)17-2/h3-7H,1-2H3. The average molecular weight is 277 g/mol. The van der Waals surface area contributed by atoms with E-state index in [1.165, 1.54) is 0 Å². The Balaban J connectivity index is 2.05. The minimum Gasteiger partial charge on any atom is -0.497 e. The molecule has 0 aliphatic heterocycles. The topological polar surface area (TPSA) is 39.4 Å². The zero-order valence-electron chi connectivity index (χ0n) is 9.95. The summed E-state index contributed by atoms with van der Waals surface area (Å²) >= 11 is 3.23. The predicted molar refractivity (Wildman–Crippen MR) is 74.6 cm³/mol. The molecule has 0 aliphatic carbocycles. The van der Waals surface area contributed by atoms with E-state index >= 15 is 0 Å². The summed E-state index contributed by atoms with van der Waals surface area (Å²) in [6.07, 6.45) is 3.96. The van der Waals surface area contributed by atoms with E-state index in [4.69, 9.17) is 4.74 Å². The molecule has 2 aromatic heterocycles. The first-order chi connectivity index (χ1) is 8.80. The number of ether oxygens (including phenoxy) is 1. The number of rotatable bonds is 3. The Labute approximate surface area is 113 Å². The van der Waals surface area contributed by atoms with E-state index in [2.05, 4.69) is 10.1 Å². The Hall–Kier alpha value is -1.53. The van der Waals surface area contributed by atoms with Crippen LogP contribution in [-0.4, -0.2) is 28.0 Å². The summed E-state index contributed by atoms with van der Waals surface area (Å²) < 4.78 is 8.07. The van der Waals surface area contributed by atoms with Gasteiger partial charge >= 0.3 is 0 Å². The first kappa shape index (κ1) is 11.6. The molecular weight excluding hydrogens is 266 g/mol. The lowest BCUT2D eigenvalue weighted by atomic mass is 10.1. The molecule has 18 heavy (non-hydrogen) atoms. The Kier molecular flexibility index (Phi) is 2.97. The van der Waals surface area contributed by atoms with Crippen molar-refractivity contribution in [3.8, 4) is 17.0 Å². The highest BCUT2D eigenvalue weighted by molar-refractivity contribution is 8.00. The molecule has 2 heterocycles. The Morgan fingerprint density at radius 1 is 1.39 bits per heavy atom. The maximum atomic E-state index is 5.22. The number of benzene rings is 1. The molecule has 0 N–H and O–H groups in total. The van der Waals surface area contributed by atoms with Crippen molar-refractivity contribution in [1.82, 2.24) is 14.6 Å². The van der Waals surface area contributed by atoms with E-state index in [9.17, 15) is 0 Å². The van der Waals surface area contributed by atoms with Gasteiger partial charge in [-0.05, 0) is 18.4 Å². The molecule has 0 saturated carbocycles. The van der Waals surface area contributed by atoms with Gasteiger partial charge in [0.25, 0.3) is 0 Å². The summed E-state index contributed by atoms with van der Waals surface area (Å²) in [6.45, 7) is 0. The van der Waals surface area contributed by atoms with Gasteiger partial charge in [0.1, 0.15) is 5.75 Å². The smallest absolute Gasteiger partial charge is 0.213 e. The van der Waals surface area contributed by atoms with Crippen molar-refractivity contribution in [1.29, 1.82) is 0 Å². The third kappa shape index (κ3) is 1.97. The maximum absolute atomic E-state index is 5.22. The molecule has 0 spiro atoms. The summed E-state index contributed by atoms with van der Waals surface area (Å²) in [5.41, 5.74) is 1.96. The fraction of sp³-hybridized carbons (Fsp3) is 0.167. The number of methoxy groups -OCH3 is 1. The zero-order valence-corrected chi connectivity index (χ0v) is 11.6. The van der Waals surface area contributed by atoms with Crippen LogP contribution in [0, 0.1) is 0 Å². The summed E-state index contributed by atoms with van der Waals surface area (Å²) in [7, 11) is 1.66. The molecule has 0 saturated heterocycles. The van der Waals surface area contributed by atoms with Crippen LogP contribution in [0.3, 0.4) is 0 Å². The summed E-state index contributed by atoms with van der Waals surface area (Å²) in [5.74, 6) is 0.835. The SMILES string of the molecule is COc1cccc(-c2cn3nc(SC)sc3n2)c1. The summed E-state index contributed by atoms with van der Waals surface area (Å²) in [6, 6.07) is 7.88. The zero-order chi connectivity index (χ0) is 12.5. The molecule has 3 rings (SSSR count). The van der Waals surface area contributed by atoms with Gasteiger partial charge in [0.15, 0.2) is 4.34 Å².